The third-order valence-electron chi connectivity index (χ3n) is 2.11. The summed E-state index contributed by atoms with van der Waals surface area (Å²) in [5.41, 5.74) is 1.51. The summed E-state index contributed by atoms with van der Waals surface area (Å²) >= 11 is 7.34. The predicted molar refractivity (Wildman–Crippen MR) is 52.5 cm³/mol. The van der Waals surface area contributed by atoms with Crippen LogP contribution in [0.15, 0.2) is 12.1 Å². The zero-order chi connectivity index (χ0) is 9.42. The topological polar surface area (TPSA) is 20.2 Å². The van der Waals surface area contributed by atoms with Crippen LogP contribution in [0.4, 0.5) is 4.39 Å². The van der Waals surface area contributed by atoms with Crippen LogP contribution in [0, 0.1) is 5.82 Å². The highest BCUT2D eigenvalue weighted by Crippen LogP contribution is 2.36. The lowest BCUT2D eigenvalue weighted by molar-refractivity contribution is 0.201. The molecule has 1 heterocycles. The monoisotopic (exact) mass is 218 g/mol. The molecule has 2 rings (SSSR count). The van der Waals surface area contributed by atoms with Crippen molar-refractivity contribution in [3.63, 3.8) is 0 Å². The Morgan fingerprint density at radius 1 is 1.54 bits per heavy atom. The van der Waals surface area contributed by atoms with Crippen LogP contribution < -0.4 is 0 Å². The Hall–Kier alpha value is -0.250. The van der Waals surface area contributed by atoms with Gasteiger partial charge in [0.25, 0.3) is 0 Å². The number of rotatable bonds is 0. The van der Waals surface area contributed by atoms with Crippen LogP contribution in [-0.4, -0.2) is 10.9 Å². The number of benzene rings is 1. The molecule has 0 saturated carbocycles. The molecule has 0 saturated heterocycles. The number of fused-ring (bicyclic) bond motifs is 1. The second kappa shape index (κ2) is 3.48. The van der Waals surface area contributed by atoms with Crippen molar-refractivity contribution in [2.24, 2.45) is 0 Å². The average Bonchev–Trinajstić information content (AvgIpc) is 2.12. The van der Waals surface area contributed by atoms with E-state index in [4.69, 9.17) is 11.6 Å². The summed E-state index contributed by atoms with van der Waals surface area (Å²) in [6.07, 6.45) is -0.508. The fourth-order valence-electron chi connectivity index (χ4n) is 1.43. The highest BCUT2D eigenvalue weighted by Gasteiger charge is 2.21. The van der Waals surface area contributed by atoms with Crippen molar-refractivity contribution >= 4 is 23.4 Å². The molecule has 0 aromatic heterocycles. The van der Waals surface area contributed by atoms with Gasteiger partial charge in [0.1, 0.15) is 5.82 Å². The van der Waals surface area contributed by atoms with E-state index in [9.17, 15) is 9.50 Å². The number of aliphatic hydroxyl groups excluding tert-OH is 1. The van der Waals surface area contributed by atoms with E-state index in [1.165, 1.54) is 6.07 Å². The van der Waals surface area contributed by atoms with Crippen molar-refractivity contribution in [3.8, 4) is 0 Å². The summed E-state index contributed by atoms with van der Waals surface area (Å²) in [5, 5.41) is 9.73. The van der Waals surface area contributed by atoms with Crippen LogP contribution >= 0.6 is 23.4 Å². The van der Waals surface area contributed by atoms with Gasteiger partial charge in [-0.15, -0.1) is 0 Å². The predicted octanol–water partition coefficient (Wildman–Crippen LogP) is 2.76. The van der Waals surface area contributed by atoms with Crippen molar-refractivity contribution in [3.05, 3.63) is 34.1 Å². The molecule has 1 atom stereocenters. The van der Waals surface area contributed by atoms with Crippen LogP contribution in [0.1, 0.15) is 17.2 Å². The Labute approximate surface area is 84.9 Å². The van der Waals surface area contributed by atoms with Crippen LogP contribution in [0.25, 0.3) is 0 Å². The van der Waals surface area contributed by atoms with Crippen LogP contribution in [0.5, 0.6) is 0 Å². The van der Waals surface area contributed by atoms with Gasteiger partial charge < -0.3 is 5.11 Å². The summed E-state index contributed by atoms with van der Waals surface area (Å²) in [7, 11) is 0. The van der Waals surface area contributed by atoms with Gasteiger partial charge >= 0.3 is 0 Å². The lowest BCUT2D eigenvalue weighted by Gasteiger charge is -2.21. The molecule has 0 fully saturated rings. The first-order valence-corrected chi connectivity index (χ1v) is 5.46. The molecule has 70 valence electrons. The molecular formula is C9H8ClFOS. The summed E-state index contributed by atoms with van der Waals surface area (Å²) in [4.78, 5) is 0. The molecule has 1 aromatic carbocycles. The molecule has 0 bridgehead atoms. The molecule has 0 aliphatic carbocycles. The van der Waals surface area contributed by atoms with E-state index in [1.807, 2.05) is 0 Å². The first kappa shape index (κ1) is 9.31. The quantitative estimate of drug-likeness (QED) is 0.723. The maximum absolute atomic E-state index is 13.0. The first-order valence-electron chi connectivity index (χ1n) is 3.92. The Morgan fingerprint density at radius 3 is 3.08 bits per heavy atom. The molecule has 1 N–H and O–H groups in total. The third-order valence-corrected chi connectivity index (χ3v) is 3.57. The zero-order valence-corrected chi connectivity index (χ0v) is 8.33. The number of hydrogen-bond donors (Lipinski definition) is 1. The second-order valence-electron chi connectivity index (χ2n) is 2.96. The molecule has 0 amide bonds. The SMILES string of the molecule is O[C@H]1CSCc2c1ccc(F)c2Cl. The van der Waals surface area contributed by atoms with Crippen molar-refractivity contribution < 1.29 is 9.50 Å². The Kier molecular flexibility index (Phi) is 2.49. The minimum absolute atomic E-state index is 0.156. The first-order chi connectivity index (χ1) is 6.20. The summed E-state index contributed by atoms with van der Waals surface area (Å²) in [5.74, 6) is 0.938. The number of halogens is 2. The fourth-order valence-corrected chi connectivity index (χ4v) is 2.78. The van der Waals surface area contributed by atoms with Crippen molar-refractivity contribution in [1.29, 1.82) is 0 Å². The van der Waals surface area contributed by atoms with E-state index in [0.717, 1.165) is 11.1 Å². The van der Waals surface area contributed by atoms with Crippen molar-refractivity contribution in [2.75, 3.05) is 5.75 Å². The van der Waals surface area contributed by atoms with E-state index in [1.54, 1.807) is 17.8 Å². The highest BCUT2D eigenvalue weighted by atomic mass is 35.5. The molecule has 4 heteroatoms. The maximum atomic E-state index is 13.0. The normalized spacial score (nSPS) is 21.3. The minimum atomic E-state index is -0.508. The van der Waals surface area contributed by atoms with Gasteiger partial charge in [-0.2, -0.15) is 11.8 Å². The Bertz CT molecular complexity index is 343. The third kappa shape index (κ3) is 1.56. The maximum Gasteiger partial charge on any atom is 0.142 e. The van der Waals surface area contributed by atoms with Gasteiger partial charge in [0.05, 0.1) is 11.1 Å². The van der Waals surface area contributed by atoms with Gasteiger partial charge in [0, 0.05) is 11.5 Å². The molecule has 0 unspecified atom stereocenters. The standard InChI is InChI=1S/C9H8ClFOS/c10-9-6-3-13-4-8(12)5(6)1-2-7(9)11/h1-2,8,12H,3-4H2/t8-/m0/s1. The van der Waals surface area contributed by atoms with Gasteiger partial charge in [0.2, 0.25) is 0 Å². The smallest absolute Gasteiger partial charge is 0.142 e. The Morgan fingerprint density at radius 2 is 2.31 bits per heavy atom. The van der Waals surface area contributed by atoms with Gasteiger partial charge in [-0.25, -0.2) is 4.39 Å². The van der Waals surface area contributed by atoms with Crippen molar-refractivity contribution in [2.45, 2.75) is 11.9 Å². The lowest BCUT2D eigenvalue weighted by atomic mass is 10.0. The van der Waals surface area contributed by atoms with Gasteiger partial charge in [-0.05, 0) is 17.2 Å². The van der Waals surface area contributed by atoms with E-state index < -0.39 is 11.9 Å². The second-order valence-corrected chi connectivity index (χ2v) is 4.37. The van der Waals surface area contributed by atoms with Gasteiger partial charge in [-0.1, -0.05) is 17.7 Å². The van der Waals surface area contributed by atoms with Crippen molar-refractivity contribution in [1.82, 2.24) is 0 Å². The molecule has 0 radical (unpaired) electrons. The average molecular weight is 219 g/mol. The fraction of sp³-hybridized carbons (Fsp3) is 0.333. The zero-order valence-electron chi connectivity index (χ0n) is 6.76. The summed E-state index contributed by atoms with van der Waals surface area (Å²) in [6, 6.07) is 2.92. The van der Waals surface area contributed by atoms with E-state index in [-0.39, 0.29) is 5.02 Å². The molecule has 0 spiro atoms. The van der Waals surface area contributed by atoms with Gasteiger partial charge in [0.15, 0.2) is 0 Å². The van der Waals surface area contributed by atoms with E-state index >= 15 is 0 Å². The van der Waals surface area contributed by atoms with Crippen LogP contribution in [0.3, 0.4) is 0 Å². The molecule has 1 aromatic rings. The molecular weight excluding hydrogens is 211 g/mol. The van der Waals surface area contributed by atoms with Crippen LogP contribution in [-0.2, 0) is 5.75 Å². The summed E-state index contributed by atoms with van der Waals surface area (Å²) < 4.78 is 13.0. The van der Waals surface area contributed by atoms with E-state index in [0.29, 0.717) is 11.5 Å². The van der Waals surface area contributed by atoms with E-state index in [2.05, 4.69) is 0 Å². The van der Waals surface area contributed by atoms with Gasteiger partial charge in [-0.3, -0.25) is 0 Å². The molecule has 1 aliphatic rings. The summed E-state index contributed by atoms with van der Waals surface area (Å²) in [6.45, 7) is 0. The minimum Gasteiger partial charge on any atom is -0.388 e. The number of thioether (sulfide) groups is 1. The van der Waals surface area contributed by atoms with Crippen LogP contribution in [0.2, 0.25) is 5.02 Å². The lowest BCUT2D eigenvalue weighted by Crippen LogP contribution is -2.10. The number of hydrogen-bond acceptors (Lipinski definition) is 2. The molecule has 1 aliphatic heterocycles. The number of aliphatic hydroxyl groups is 1. The largest absolute Gasteiger partial charge is 0.388 e. The highest BCUT2D eigenvalue weighted by molar-refractivity contribution is 7.98. The Balaban J connectivity index is 2.56. The molecule has 1 nitrogen and oxygen atoms in total. The molecule has 13 heavy (non-hydrogen) atoms.